The number of hydrogen-bond donors (Lipinski definition) is 1. The highest BCUT2D eigenvalue weighted by molar-refractivity contribution is 9.10. The monoisotopic (exact) mass is 468 g/mol. The van der Waals surface area contributed by atoms with E-state index >= 15 is 0 Å². The SMILES string of the molecule is CCOCc1ccc(-c2cc(-c3cc4cc(Br)ccc4nc3Cl)nc(N)n2)cc1. The van der Waals surface area contributed by atoms with E-state index in [9.17, 15) is 0 Å². The lowest BCUT2D eigenvalue weighted by molar-refractivity contribution is 0.134. The van der Waals surface area contributed by atoms with Crippen molar-refractivity contribution < 1.29 is 4.74 Å². The topological polar surface area (TPSA) is 73.9 Å². The summed E-state index contributed by atoms with van der Waals surface area (Å²) < 4.78 is 6.41. The third-order valence-electron chi connectivity index (χ3n) is 4.47. The van der Waals surface area contributed by atoms with Gasteiger partial charge in [0.2, 0.25) is 5.95 Å². The minimum Gasteiger partial charge on any atom is -0.377 e. The van der Waals surface area contributed by atoms with Crippen molar-refractivity contribution in [2.24, 2.45) is 0 Å². The molecule has 0 atom stereocenters. The number of nitrogens with two attached hydrogens (primary N) is 1. The molecule has 2 heterocycles. The van der Waals surface area contributed by atoms with Crippen LogP contribution in [-0.4, -0.2) is 21.6 Å². The zero-order valence-electron chi connectivity index (χ0n) is 15.7. The average Bonchev–Trinajstić information content (AvgIpc) is 2.72. The van der Waals surface area contributed by atoms with Crippen molar-refractivity contribution in [1.82, 2.24) is 15.0 Å². The molecule has 7 heteroatoms. The van der Waals surface area contributed by atoms with Crippen LogP contribution in [0.25, 0.3) is 33.4 Å². The smallest absolute Gasteiger partial charge is 0.221 e. The summed E-state index contributed by atoms with van der Waals surface area (Å²) in [7, 11) is 0. The molecular formula is C22H18BrClN4O. The van der Waals surface area contributed by atoms with Gasteiger partial charge in [0.05, 0.1) is 23.5 Å². The minimum atomic E-state index is 0.182. The zero-order valence-corrected chi connectivity index (χ0v) is 18.0. The molecule has 0 bridgehead atoms. The highest BCUT2D eigenvalue weighted by Gasteiger charge is 2.13. The summed E-state index contributed by atoms with van der Waals surface area (Å²) in [6.07, 6.45) is 0. The van der Waals surface area contributed by atoms with E-state index in [1.165, 1.54) is 0 Å². The van der Waals surface area contributed by atoms with Crippen LogP contribution in [0.3, 0.4) is 0 Å². The molecule has 0 unspecified atom stereocenters. The molecule has 0 amide bonds. The molecule has 5 nitrogen and oxygen atoms in total. The number of ether oxygens (including phenoxy) is 1. The van der Waals surface area contributed by atoms with Gasteiger partial charge in [0, 0.05) is 27.6 Å². The number of benzene rings is 2. The number of halogens is 2. The standard InChI is InChI=1S/C22H18BrClN4O/c1-2-29-12-13-3-5-14(6-4-13)19-11-20(28-22(25)27-19)17-10-15-9-16(23)7-8-18(15)26-21(17)24/h3-11H,2,12H2,1H3,(H2,25,27,28). The molecule has 4 aromatic rings. The Bertz CT molecular complexity index is 1180. The van der Waals surface area contributed by atoms with Crippen LogP contribution < -0.4 is 5.73 Å². The van der Waals surface area contributed by atoms with E-state index in [-0.39, 0.29) is 5.95 Å². The van der Waals surface area contributed by atoms with Gasteiger partial charge in [0.25, 0.3) is 0 Å². The van der Waals surface area contributed by atoms with E-state index in [2.05, 4.69) is 30.9 Å². The van der Waals surface area contributed by atoms with Gasteiger partial charge in [-0.2, -0.15) is 0 Å². The van der Waals surface area contributed by atoms with E-state index in [0.717, 1.165) is 32.2 Å². The van der Waals surface area contributed by atoms with E-state index in [0.29, 0.717) is 29.6 Å². The Morgan fingerprint density at radius 3 is 2.48 bits per heavy atom. The molecule has 2 N–H and O–H groups in total. The lowest BCUT2D eigenvalue weighted by atomic mass is 10.1. The molecule has 0 spiro atoms. The molecule has 0 aliphatic carbocycles. The Morgan fingerprint density at radius 2 is 1.72 bits per heavy atom. The van der Waals surface area contributed by atoms with E-state index in [1.54, 1.807) is 0 Å². The summed E-state index contributed by atoms with van der Waals surface area (Å²) in [5, 5.41) is 1.33. The van der Waals surface area contributed by atoms with Gasteiger partial charge in [-0.05, 0) is 42.8 Å². The first-order chi connectivity index (χ1) is 14.0. The average molecular weight is 470 g/mol. The molecule has 2 aromatic carbocycles. The molecule has 0 aliphatic heterocycles. The molecule has 0 saturated heterocycles. The third-order valence-corrected chi connectivity index (χ3v) is 5.25. The van der Waals surface area contributed by atoms with Crippen molar-refractivity contribution in [3.05, 3.63) is 69.8 Å². The minimum absolute atomic E-state index is 0.182. The van der Waals surface area contributed by atoms with Gasteiger partial charge in [0.15, 0.2) is 0 Å². The molecule has 4 rings (SSSR count). The van der Waals surface area contributed by atoms with Crippen LogP contribution >= 0.6 is 27.5 Å². The van der Waals surface area contributed by atoms with Crippen LogP contribution in [0.2, 0.25) is 5.15 Å². The predicted octanol–water partition coefficient (Wildman–Crippen LogP) is 5.89. The Labute approximate surface area is 182 Å². The molecule has 2 aromatic heterocycles. The van der Waals surface area contributed by atoms with Crippen LogP contribution in [0, 0.1) is 0 Å². The molecule has 0 aliphatic rings. The van der Waals surface area contributed by atoms with Crippen molar-refractivity contribution in [2.75, 3.05) is 12.3 Å². The van der Waals surface area contributed by atoms with Gasteiger partial charge in [0.1, 0.15) is 5.15 Å². The van der Waals surface area contributed by atoms with Gasteiger partial charge in [-0.15, -0.1) is 0 Å². The van der Waals surface area contributed by atoms with Crippen LogP contribution in [-0.2, 0) is 11.3 Å². The summed E-state index contributed by atoms with van der Waals surface area (Å²) in [6.45, 7) is 3.25. The highest BCUT2D eigenvalue weighted by Crippen LogP contribution is 2.32. The molecular weight excluding hydrogens is 452 g/mol. The number of hydrogen-bond acceptors (Lipinski definition) is 5. The number of aromatic nitrogens is 3. The van der Waals surface area contributed by atoms with E-state index in [1.807, 2.05) is 61.5 Å². The summed E-state index contributed by atoms with van der Waals surface area (Å²) in [6, 6.07) is 17.7. The zero-order chi connectivity index (χ0) is 20.4. The van der Waals surface area contributed by atoms with E-state index < -0.39 is 0 Å². The molecule has 146 valence electrons. The van der Waals surface area contributed by atoms with Gasteiger partial charge in [-0.3, -0.25) is 0 Å². The van der Waals surface area contributed by atoms with Crippen molar-refractivity contribution in [2.45, 2.75) is 13.5 Å². The first kappa shape index (κ1) is 19.8. The first-order valence-electron chi connectivity index (χ1n) is 9.11. The lowest BCUT2D eigenvalue weighted by Gasteiger charge is -2.10. The number of rotatable bonds is 5. The Balaban J connectivity index is 1.75. The van der Waals surface area contributed by atoms with Crippen molar-refractivity contribution in [1.29, 1.82) is 0 Å². The second kappa shape index (κ2) is 8.45. The van der Waals surface area contributed by atoms with Crippen LogP contribution in [0.4, 0.5) is 5.95 Å². The first-order valence-corrected chi connectivity index (χ1v) is 10.3. The second-order valence-corrected chi connectivity index (χ2v) is 7.77. The maximum absolute atomic E-state index is 6.46. The molecule has 0 saturated carbocycles. The van der Waals surface area contributed by atoms with Crippen molar-refractivity contribution in [3.63, 3.8) is 0 Å². The summed E-state index contributed by atoms with van der Waals surface area (Å²) in [4.78, 5) is 13.3. The third kappa shape index (κ3) is 4.40. The van der Waals surface area contributed by atoms with E-state index in [4.69, 9.17) is 22.1 Å². The van der Waals surface area contributed by atoms with Crippen LogP contribution in [0.15, 0.2) is 59.1 Å². The van der Waals surface area contributed by atoms with Gasteiger partial charge in [-0.25, -0.2) is 15.0 Å². The Morgan fingerprint density at radius 1 is 0.966 bits per heavy atom. The van der Waals surface area contributed by atoms with Crippen LogP contribution in [0.5, 0.6) is 0 Å². The van der Waals surface area contributed by atoms with Gasteiger partial charge in [-0.1, -0.05) is 51.8 Å². The lowest BCUT2D eigenvalue weighted by Crippen LogP contribution is -2.00. The molecule has 0 radical (unpaired) electrons. The number of nitrogens with zero attached hydrogens (tertiary/aromatic N) is 3. The normalized spacial score (nSPS) is 11.1. The fourth-order valence-corrected chi connectivity index (χ4v) is 3.67. The number of anilines is 1. The molecule has 0 fully saturated rings. The van der Waals surface area contributed by atoms with Gasteiger partial charge < -0.3 is 10.5 Å². The summed E-state index contributed by atoms with van der Waals surface area (Å²) >= 11 is 9.95. The summed E-state index contributed by atoms with van der Waals surface area (Å²) in [5.41, 5.74) is 10.9. The number of pyridine rings is 1. The maximum atomic E-state index is 6.46. The largest absolute Gasteiger partial charge is 0.377 e. The highest BCUT2D eigenvalue weighted by atomic mass is 79.9. The van der Waals surface area contributed by atoms with Crippen LogP contribution in [0.1, 0.15) is 12.5 Å². The summed E-state index contributed by atoms with van der Waals surface area (Å²) in [5.74, 6) is 0.182. The second-order valence-electron chi connectivity index (χ2n) is 6.49. The molecule has 29 heavy (non-hydrogen) atoms. The number of nitrogen functional groups attached to an aromatic ring is 1. The van der Waals surface area contributed by atoms with Crippen molar-refractivity contribution in [3.8, 4) is 22.5 Å². The van der Waals surface area contributed by atoms with Crippen molar-refractivity contribution >= 4 is 44.4 Å². The number of fused-ring (bicyclic) bond motifs is 1. The quantitative estimate of drug-likeness (QED) is 0.369. The Kier molecular flexibility index (Phi) is 5.76. The fourth-order valence-electron chi connectivity index (χ4n) is 3.05. The predicted molar refractivity (Wildman–Crippen MR) is 121 cm³/mol. The fraction of sp³-hybridized carbons (Fsp3) is 0.136. The van der Waals surface area contributed by atoms with Gasteiger partial charge >= 0.3 is 0 Å². The Hall–Kier alpha value is -2.54. The maximum Gasteiger partial charge on any atom is 0.221 e.